The molecule has 1 N–H and O–H groups in total. The highest BCUT2D eigenvalue weighted by atomic mass is 15.2. The molecule has 0 aromatic heterocycles. The van der Waals surface area contributed by atoms with Crippen molar-refractivity contribution < 1.29 is 0 Å². The third-order valence-corrected chi connectivity index (χ3v) is 6.52. The summed E-state index contributed by atoms with van der Waals surface area (Å²) in [6.45, 7) is 4.90. The Morgan fingerprint density at radius 3 is 2.62 bits per heavy atom. The van der Waals surface area contributed by atoms with E-state index >= 15 is 0 Å². The van der Waals surface area contributed by atoms with Gasteiger partial charge in [0, 0.05) is 30.9 Å². The highest BCUT2D eigenvalue weighted by Gasteiger charge is 2.23. The Balaban J connectivity index is 1.22. The van der Waals surface area contributed by atoms with Crippen molar-refractivity contribution >= 4 is 5.69 Å². The van der Waals surface area contributed by atoms with E-state index in [2.05, 4.69) is 40.4 Å². The minimum Gasteiger partial charge on any atom is -0.371 e. The van der Waals surface area contributed by atoms with E-state index < -0.39 is 0 Å². The van der Waals surface area contributed by atoms with Crippen LogP contribution in [0.25, 0.3) is 0 Å². The van der Waals surface area contributed by atoms with Crippen molar-refractivity contribution in [3.05, 3.63) is 29.3 Å². The number of fused-ring (bicyclic) bond motifs is 1. The SMILES string of the molecule is CN1CCCC1CCNC1CCN(c2ccc3c(c2)CCC3)CC1. The lowest BCUT2D eigenvalue weighted by molar-refractivity contribution is 0.286. The second kappa shape index (κ2) is 7.45. The van der Waals surface area contributed by atoms with Gasteiger partial charge >= 0.3 is 0 Å². The molecule has 3 heteroatoms. The molecule has 0 saturated carbocycles. The van der Waals surface area contributed by atoms with Crippen molar-refractivity contribution in [2.24, 2.45) is 0 Å². The van der Waals surface area contributed by atoms with Crippen molar-refractivity contribution in [3.8, 4) is 0 Å². The summed E-state index contributed by atoms with van der Waals surface area (Å²) < 4.78 is 0. The fourth-order valence-corrected chi connectivity index (χ4v) is 4.89. The van der Waals surface area contributed by atoms with E-state index in [1.54, 1.807) is 11.1 Å². The standard InChI is InChI=1S/C21H33N3/c1-23-13-3-6-20(23)9-12-22-19-10-14-24(15-11-19)21-8-7-17-4-2-5-18(17)16-21/h7-8,16,19-20,22H,2-6,9-15H2,1H3. The number of hydrogen-bond acceptors (Lipinski definition) is 3. The van der Waals surface area contributed by atoms with Crippen LogP contribution in [-0.4, -0.2) is 50.2 Å². The molecule has 1 aromatic carbocycles. The van der Waals surface area contributed by atoms with E-state index in [0.29, 0.717) is 0 Å². The van der Waals surface area contributed by atoms with E-state index in [1.165, 1.54) is 83.2 Å². The Morgan fingerprint density at radius 1 is 1.00 bits per heavy atom. The first-order chi connectivity index (χ1) is 11.8. The number of rotatable bonds is 5. The van der Waals surface area contributed by atoms with Crippen LogP contribution in [0.5, 0.6) is 0 Å². The van der Waals surface area contributed by atoms with Gasteiger partial charge in [-0.05, 0) is 94.8 Å². The fraction of sp³-hybridized carbons (Fsp3) is 0.714. The number of benzene rings is 1. The lowest BCUT2D eigenvalue weighted by atomic mass is 10.0. The number of piperidine rings is 1. The molecule has 2 aliphatic heterocycles. The molecule has 2 saturated heterocycles. The van der Waals surface area contributed by atoms with Crippen molar-refractivity contribution in [2.75, 3.05) is 38.1 Å². The third kappa shape index (κ3) is 3.62. The molecule has 0 radical (unpaired) electrons. The predicted octanol–water partition coefficient (Wildman–Crippen LogP) is 3.22. The van der Waals surface area contributed by atoms with Crippen LogP contribution in [0.15, 0.2) is 18.2 Å². The van der Waals surface area contributed by atoms with Crippen LogP contribution < -0.4 is 10.2 Å². The topological polar surface area (TPSA) is 18.5 Å². The average molecular weight is 328 g/mol. The van der Waals surface area contributed by atoms with Crippen LogP contribution in [0, 0.1) is 0 Å². The second-order valence-electron chi connectivity index (χ2n) is 8.09. The molecule has 3 nitrogen and oxygen atoms in total. The van der Waals surface area contributed by atoms with Gasteiger partial charge in [-0.3, -0.25) is 0 Å². The molecule has 2 fully saturated rings. The van der Waals surface area contributed by atoms with E-state index in [9.17, 15) is 0 Å². The number of nitrogens with zero attached hydrogens (tertiary/aromatic N) is 2. The van der Waals surface area contributed by atoms with Crippen molar-refractivity contribution in [1.82, 2.24) is 10.2 Å². The zero-order valence-corrected chi connectivity index (χ0v) is 15.3. The first kappa shape index (κ1) is 16.4. The average Bonchev–Trinajstić information content (AvgIpc) is 3.24. The summed E-state index contributed by atoms with van der Waals surface area (Å²) in [7, 11) is 2.28. The van der Waals surface area contributed by atoms with Gasteiger partial charge in [-0.1, -0.05) is 6.07 Å². The first-order valence-corrected chi connectivity index (χ1v) is 10.1. The molecule has 3 aliphatic rings. The molecule has 4 rings (SSSR count). The van der Waals surface area contributed by atoms with Crippen LogP contribution in [0.2, 0.25) is 0 Å². The predicted molar refractivity (Wildman–Crippen MR) is 102 cm³/mol. The summed E-state index contributed by atoms with van der Waals surface area (Å²) in [6, 6.07) is 8.74. The smallest absolute Gasteiger partial charge is 0.0369 e. The Bertz CT molecular complexity index is 548. The molecule has 0 spiro atoms. The van der Waals surface area contributed by atoms with Gasteiger partial charge < -0.3 is 15.1 Å². The quantitative estimate of drug-likeness (QED) is 0.896. The molecule has 1 atom stereocenters. The maximum Gasteiger partial charge on any atom is 0.0369 e. The molecule has 1 aromatic rings. The van der Waals surface area contributed by atoms with Crippen molar-refractivity contribution in [2.45, 2.75) is 63.5 Å². The van der Waals surface area contributed by atoms with Crippen LogP contribution in [0.4, 0.5) is 5.69 Å². The Kier molecular flexibility index (Phi) is 5.09. The Labute approximate surface area is 147 Å². The van der Waals surface area contributed by atoms with E-state index in [1.807, 2.05) is 0 Å². The van der Waals surface area contributed by atoms with Gasteiger partial charge in [0.15, 0.2) is 0 Å². The Morgan fingerprint density at radius 2 is 1.83 bits per heavy atom. The summed E-state index contributed by atoms with van der Waals surface area (Å²) in [5, 5.41) is 3.83. The van der Waals surface area contributed by atoms with Gasteiger partial charge in [0.2, 0.25) is 0 Å². The lowest BCUT2D eigenvalue weighted by Crippen LogP contribution is -2.43. The molecule has 0 bridgehead atoms. The molecule has 0 amide bonds. The van der Waals surface area contributed by atoms with Gasteiger partial charge in [0.1, 0.15) is 0 Å². The number of hydrogen-bond donors (Lipinski definition) is 1. The Hall–Kier alpha value is -1.06. The lowest BCUT2D eigenvalue weighted by Gasteiger charge is -2.34. The molecule has 1 unspecified atom stereocenters. The molecule has 24 heavy (non-hydrogen) atoms. The van der Waals surface area contributed by atoms with Crippen molar-refractivity contribution in [1.29, 1.82) is 0 Å². The summed E-state index contributed by atoms with van der Waals surface area (Å²) in [6.07, 6.45) is 10.6. The molecular weight excluding hydrogens is 294 g/mol. The maximum atomic E-state index is 3.83. The molecule has 1 aliphatic carbocycles. The third-order valence-electron chi connectivity index (χ3n) is 6.52. The van der Waals surface area contributed by atoms with Crippen molar-refractivity contribution in [3.63, 3.8) is 0 Å². The van der Waals surface area contributed by atoms with Crippen LogP contribution >= 0.6 is 0 Å². The van der Waals surface area contributed by atoms with Gasteiger partial charge in [-0.2, -0.15) is 0 Å². The van der Waals surface area contributed by atoms with Crippen LogP contribution in [0.3, 0.4) is 0 Å². The van der Waals surface area contributed by atoms with Gasteiger partial charge in [0.05, 0.1) is 0 Å². The maximum absolute atomic E-state index is 3.83. The fourth-order valence-electron chi connectivity index (χ4n) is 4.89. The zero-order valence-electron chi connectivity index (χ0n) is 15.3. The summed E-state index contributed by atoms with van der Waals surface area (Å²) in [5.74, 6) is 0. The van der Waals surface area contributed by atoms with E-state index in [4.69, 9.17) is 0 Å². The monoisotopic (exact) mass is 327 g/mol. The van der Waals surface area contributed by atoms with Gasteiger partial charge in [-0.15, -0.1) is 0 Å². The van der Waals surface area contributed by atoms with Crippen LogP contribution in [0.1, 0.15) is 49.7 Å². The van der Waals surface area contributed by atoms with E-state index in [-0.39, 0.29) is 0 Å². The zero-order chi connectivity index (χ0) is 16.4. The number of aryl methyl sites for hydroxylation is 2. The van der Waals surface area contributed by atoms with E-state index in [0.717, 1.165) is 12.1 Å². The second-order valence-corrected chi connectivity index (χ2v) is 8.09. The molecule has 132 valence electrons. The summed E-state index contributed by atoms with van der Waals surface area (Å²) in [4.78, 5) is 5.14. The minimum absolute atomic E-state index is 0.724. The first-order valence-electron chi connectivity index (χ1n) is 10.1. The number of nitrogens with one attached hydrogen (secondary N) is 1. The number of likely N-dealkylation sites (tertiary alicyclic amines) is 1. The minimum atomic E-state index is 0.724. The largest absolute Gasteiger partial charge is 0.371 e. The van der Waals surface area contributed by atoms with Crippen LogP contribution in [-0.2, 0) is 12.8 Å². The molecule has 2 heterocycles. The number of anilines is 1. The van der Waals surface area contributed by atoms with Gasteiger partial charge in [0.25, 0.3) is 0 Å². The highest BCUT2D eigenvalue weighted by Crippen LogP contribution is 2.28. The molecular formula is C21H33N3. The highest BCUT2D eigenvalue weighted by molar-refractivity contribution is 5.52. The summed E-state index contributed by atoms with van der Waals surface area (Å²) in [5.41, 5.74) is 4.65. The van der Waals surface area contributed by atoms with Gasteiger partial charge in [-0.25, -0.2) is 0 Å². The normalized spacial score (nSPS) is 25.4. The summed E-state index contributed by atoms with van der Waals surface area (Å²) >= 11 is 0.